The van der Waals surface area contributed by atoms with Crippen molar-refractivity contribution in [1.29, 1.82) is 0 Å². The van der Waals surface area contributed by atoms with Crippen LogP contribution in [0, 0.1) is 11.8 Å². The number of nitrogens with one attached hydrogen (secondary N) is 1. The number of nitrogens with zero attached hydrogens (tertiary/aromatic N) is 2. The van der Waals surface area contributed by atoms with E-state index in [9.17, 15) is 23.1 Å². The molecule has 1 aliphatic heterocycles. The molecule has 166 valence electrons. The summed E-state index contributed by atoms with van der Waals surface area (Å²) in [7, 11) is -0.753. The predicted octanol–water partition coefficient (Wildman–Crippen LogP) is 2.27. The molecular weight excluding hydrogens is 430 g/mol. The Bertz CT molecular complexity index is 886. The van der Waals surface area contributed by atoms with E-state index in [1.165, 1.54) is 14.1 Å². The molecule has 0 aromatic heterocycles. The van der Waals surface area contributed by atoms with Gasteiger partial charge in [-0.25, -0.2) is 4.72 Å². The highest BCUT2D eigenvalue weighted by Crippen LogP contribution is 2.43. The van der Waals surface area contributed by atoms with E-state index in [1.807, 2.05) is 12.1 Å². The molecule has 3 unspecified atom stereocenters. The molecule has 8 nitrogen and oxygen atoms in total. The summed E-state index contributed by atoms with van der Waals surface area (Å²) in [6, 6.07) is 6.71. The lowest BCUT2D eigenvalue weighted by Gasteiger charge is -2.44. The summed E-state index contributed by atoms with van der Waals surface area (Å²) in [5, 5.41) is 9.82. The highest BCUT2D eigenvalue weighted by molar-refractivity contribution is 7.87. The van der Waals surface area contributed by atoms with Gasteiger partial charge in [-0.15, -0.1) is 0 Å². The van der Waals surface area contributed by atoms with Gasteiger partial charge >= 0.3 is 5.97 Å². The maximum absolute atomic E-state index is 13.4. The average Bonchev–Trinajstić information content (AvgIpc) is 3.50. The summed E-state index contributed by atoms with van der Waals surface area (Å²) in [4.78, 5) is 26.4. The number of carbonyl (C=O) groups excluding carboxylic acids is 1. The number of piperidine rings is 1. The number of amides is 1. The number of hydrogen-bond acceptors (Lipinski definition) is 4. The molecule has 1 heterocycles. The third-order valence-corrected chi connectivity index (χ3v) is 7.63. The molecule has 2 fully saturated rings. The van der Waals surface area contributed by atoms with Crippen LogP contribution in [-0.4, -0.2) is 61.3 Å². The zero-order valence-corrected chi connectivity index (χ0v) is 18.7. The number of likely N-dealkylation sites (tertiary alicyclic amines) is 1. The highest BCUT2D eigenvalue weighted by Gasteiger charge is 2.45. The van der Waals surface area contributed by atoms with Gasteiger partial charge in [0.2, 0.25) is 5.91 Å². The van der Waals surface area contributed by atoms with E-state index >= 15 is 0 Å². The third-order valence-electron chi connectivity index (χ3n) is 5.88. The summed E-state index contributed by atoms with van der Waals surface area (Å²) < 4.78 is 28.2. The molecule has 3 rings (SSSR count). The Morgan fingerprint density at radius 2 is 1.87 bits per heavy atom. The molecule has 0 bridgehead atoms. The van der Waals surface area contributed by atoms with Crippen LogP contribution in [0.25, 0.3) is 0 Å². The van der Waals surface area contributed by atoms with Crippen LogP contribution in [0.5, 0.6) is 0 Å². The Hall–Kier alpha value is -1.68. The normalized spacial score (nSPS) is 23.6. The smallest absolute Gasteiger partial charge is 0.304 e. The summed E-state index contributed by atoms with van der Waals surface area (Å²) >= 11 is 6.02. The fourth-order valence-corrected chi connectivity index (χ4v) is 4.85. The van der Waals surface area contributed by atoms with Crippen LogP contribution in [-0.2, 0) is 19.8 Å². The van der Waals surface area contributed by atoms with Crippen molar-refractivity contribution in [3.05, 3.63) is 34.9 Å². The molecule has 1 aromatic carbocycles. The first-order valence-electron chi connectivity index (χ1n) is 10.1. The van der Waals surface area contributed by atoms with Crippen LogP contribution < -0.4 is 4.72 Å². The SMILES string of the molecule is CN(C)S(=O)(=O)NCC(C1CC1)N1C(=O)C(CC(=O)O)CCC1c1ccc(Cl)cc1. The second-order valence-electron chi connectivity index (χ2n) is 8.23. The number of rotatable bonds is 9. The van der Waals surface area contributed by atoms with Gasteiger partial charge < -0.3 is 10.0 Å². The fraction of sp³-hybridized carbons (Fsp3) is 0.600. The lowest BCUT2D eigenvalue weighted by molar-refractivity contribution is -0.151. The van der Waals surface area contributed by atoms with Crippen LogP contribution in [0.15, 0.2) is 24.3 Å². The lowest BCUT2D eigenvalue weighted by atomic mass is 9.84. The highest BCUT2D eigenvalue weighted by atomic mass is 35.5. The minimum atomic E-state index is -3.64. The van der Waals surface area contributed by atoms with Crippen molar-refractivity contribution in [2.75, 3.05) is 20.6 Å². The maximum Gasteiger partial charge on any atom is 0.304 e. The molecule has 0 radical (unpaired) electrons. The fourth-order valence-electron chi connectivity index (χ4n) is 4.09. The van der Waals surface area contributed by atoms with E-state index in [1.54, 1.807) is 17.0 Å². The number of benzene rings is 1. The van der Waals surface area contributed by atoms with E-state index in [2.05, 4.69) is 4.72 Å². The first kappa shape index (κ1) is 23.0. The zero-order valence-electron chi connectivity index (χ0n) is 17.1. The Balaban J connectivity index is 1.91. The molecule has 1 aromatic rings. The van der Waals surface area contributed by atoms with Gasteiger partial charge in [-0.3, -0.25) is 9.59 Å². The molecule has 2 N–H and O–H groups in total. The van der Waals surface area contributed by atoms with Crippen molar-refractivity contribution in [3.63, 3.8) is 0 Å². The number of hydrogen-bond donors (Lipinski definition) is 2. The summed E-state index contributed by atoms with van der Waals surface area (Å²) in [6.45, 7) is 0.0980. The molecular formula is C20H28ClN3O5S. The molecule has 0 spiro atoms. The van der Waals surface area contributed by atoms with Gasteiger partial charge in [0.15, 0.2) is 0 Å². The van der Waals surface area contributed by atoms with Gasteiger partial charge in [0.05, 0.1) is 12.5 Å². The largest absolute Gasteiger partial charge is 0.481 e. The van der Waals surface area contributed by atoms with Gasteiger partial charge in [-0.05, 0) is 49.3 Å². The quantitative estimate of drug-likeness (QED) is 0.591. The van der Waals surface area contributed by atoms with Crippen LogP contribution >= 0.6 is 11.6 Å². The minimum Gasteiger partial charge on any atom is -0.481 e. The molecule has 1 aliphatic carbocycles. The van der Waals surface area contributed by atoms with Gasteiger partial charge in [-0.1, -0.05) is 23.7 Å². The molecule has 30 heavy (non-hydrogen) atoms. The maximum atomic E-state index is 13.4. The van der Waals surface area contributed by atoms with Crippen molar-refractivity contribution in [1.82, 2.24) is 13.9 Å². The zero-order chi connectivity index (χ0) is 22.1. The Morgan fingerprint density at radius 3 is 2.40 bits per heavy atom. The molecule has 1 amide bonds. The van der Waals surface area contributed by atoms with Crippen LogP contribution in [0.2, 0.25) is 5.02 Å². The van der Waals surface area contributed by atoms with Crippen molar-refractivity contribution in [3.8, 4) is 0 Å². The van der Waals surface area contributed by atoms with Gasteiger partial charge in [0.1, 0.15) is 0 Å². The second-order valence-corrected chi connectivity index (χ2v) is 10.6. The van der Waals surface area contributed by atoms with E-state index in [4.69, 9.17) is 11.6 Å². The van der Waals surface area contributed by atoms with Crippen LogP contribution in [0.3, 0.4) is 0 Å². The molecule has 10 heteroatoms. The van der Waals surface area contributed by atoms with Gasteiger partial charge in [-0.2, -0.15) is 12.7 Å². The van der Waals surface area contributed by atoms with Crippen molar-refractivity contribution in [2.45, 2.75) is 44.2 Å². The molecule has 1 saturated carbocycles. The molecule has 3 atom stereocenters. The third kappa shape index (κ3) is 5.32. The lowest BCUT2D eigenvalue weighted by Crippen LogP contribution is -2.54. The van der Waals surface area contributed by atoms with Gasteiger partial charge in [0.25, 0.3) is 10.2 Å². The van der Waals surface area contributed by atoms with Crippen molar-refractivity contribution < 1.29 is 23.1 Å². The van der Waals surface area contributed by atoms with Crippen LogP contribution in [0.4, 0.5) is 0 Å². The summed E-state index contributed by atoms with van der Waals surface area (Å²) in [5.74, 6) is -1.63. The monoisotopic (exact) mass is 457 g/mol. The van der Waals surface area contributed by atoms with E-state index in [0.29, 0.717) is 17.9 Å². The first-order chi connectivity index (χ1) is 14.1. The Labute approximate surface area is 182 Å². The number of carbonyl (C=O) groups is 2. The number of carboxylic acid groups (broad SMARTS) is 1. The second kappa shape index (κ2) is 9.21. The summed E-state index contributed by atoms with van der Waals surface area (Å²) in [6.07, 6.45) is 2.71. The van der Waals surface area contributed by atoms with E-state index in [-0.39, 0.29) is 36.9 Å². The Morgan fingerprint density at radius 1 is 1.23 bits per heavy atom. The van der Waals surface area contributed by atoms with Crippen molar-refractivity contribution >= 4 is 33.7 Å². The van der Waals surface area contributed by atoms with Crippen molar-refractivity contribution in [2.24, 2.45) is 11.8 Å². The number of aliphatic carboxylic acids is 1. The molecule has 1 saturated heterocycles. The van der Waals surface area contributed by atoms with E-state index in [0.717, 1.165) is 22.7 Å². The first-order valence-corrected chi connectivity index (χ1v) is 11.9. The van der Waals surface area contributed by atoms with Gasteiger partial charge in [0, 0.05) is 37.6 Å². The Kier molecular flexibility index (Phi) is 7.06. The minimum absolute atomic E-state index is 0.0980. The van der Waals surface area contributed by atoms with E-state index < -0.39 is 22.1 Å². The summed E-state index contributed by atoms with van der Waals surface area (Å²) in [5.41, 5.74) is 0.919. The average molecular weight is 458 g/mol. The number of halogens is 1. The predicted molar refractivity (Wildman–Crippen MR) is 113 cm³/mol. The van der Waals surface area contributed by atoms with Crippen LogP contribution in [0.1, 0.15) is 43.7 Å². The standard InChI is InChI=1S/C20H28ClN3O5S/c1-23(2)30(28,29)22-12-18(14-3-4-14)24-17(13-5-8-16(21)9-6-13)10-7-15(20(24)27)11-19(25)26/h5-6,8-9,14-15,17-18,22H,3-4,7,10-12H2,1-2H3,(H,25,26). The topological polar surface area (TPSA) is 107 Å². The number of carboxylic acids is 1. The molecule has 2 aliphatic rings.